The topological polar surface area (TPSA) is 46.2 Å². The molecule has 2 rings (SSSR count). The van der Waals surface area contributed by atoms with Crippen molar-refractivity contribution < 1.29 is 8.42 Å². The summed E-state index contributed by atoms with van der Waals surface area (Å²) in [6.45, 7) is 2.09. The molecule has 0 saturated heterocycles. The van der Waals surface area contributed by atoms with E-state index in [1.165, 1.54) is 0 Å². The van der Waals surface area contributed by atoms with Crippen molar-refractivity contribution in [1.82, 2.24) is 0 Å². The molecule has 0 unspecified atom stereocenters. The van der Waals surface area contributed by atoms with Crippen LogP contribution in [0.3, 0.4) is 0 Å². The lowest BCUT2D eigenvalue weighted by atomic mass is 10.1. The molecule has 6 heteroatoms. The van der Waals surface area contributed by atoms with E-state index in [-0.39, 0.29) is 4.90 Å². The smallest absolute Gasteiger partial charge is 0.261 e. The van der Waals surface area contributed by atoms with Crippen LogP contribution in [0.1, 0.15) is 18.9 Å². The quantitative estimate of drug-likeness (QED) is 0.692. The molecule has 0 heterocycles. The molecule has 112 valence electrons. The summed E-state index contributed by atoms with van der Waals surface area (Å²) >= 11 is 7.92. The van der Waals surface area contributed by atoms with E-state index in [2.05, 4.69) is 34.2 Å². The minimum absolute atomic E-state index is 0.258. The van der Waals surface area contributed by atoms with Gasteiger partial charge in [0, 0.05) is 8.59 Å². The van der Waals surface area contributed by atoms with Crippen LogP contribution in [-0.2, 0) is 16.4 Å². The van der Waals surface area contributed by atoms with Crippen molar-refractivity contribution in [2.24, 2.45) is 0 Å². The van der Waals surface area contributed by atoms with Crippen LogP contribution in [0.25, 0.3) is 0 Å². The van der Waals surface area contributed by atoms with E-state index in [4.69, 9.17) is 11.6 Å². The van der Waals surface area contributed by atoms with Crippen LogP contribution in [-0.4, -0.2) is 8.42 Å². The zero-order valence-electron chi connectivity index (χ0n) is 11.4. The van der Waals surface area contributed by atoms with Gasteiger partial charge in [-0.3, -0.25) is 4.72 Å². The van der Waals surface area contributed by atoms with Crippen LogP contribution < -0.4 is 4.72 Å². The summed E-state index contributed by atoms with van der Waals surface area (Å²) in [5, 5.41) is 0.575. The van der Waals surface area contributed by atoms with E-state index in [9.17, 15) is 8.42 Å². The molecule has 21 heavy (non-hydrogen) atoms. The molecule has 3 nitrogen and oxygen atoms in total. The molecule has 1 N–H and O–H groups in total. The third kappa shape index (κ3) is 4.34. The Morgan fingerprint density at radius 1 is 1.14 bits per heavy atom. The second kappa shape index (κ2) is 6.98. The Bertz CT molecular complexity index is 730. The van der Waals surface area contributed by atoms with Crippen molar-refractivity contribution in [3.05, 3.63) is 56.6 Å². The molecule has 0 spiro atoms. The Morgan fingerprint density at radius 2 is 1.81 bits per heavy atom. The van der Waals surface area contributed by atoms with Gasteiger partial charge in [-0.2, -0.15) is 0 Å². The first kappa shape index (κ1) is 16.6. The highest BCUT2D eigenvalue weighted by molar-refractivity contribution is 14.1. The molecule has 0 aliphatic heterocycles. The van der Waals surface area contributed by atoms with Gasteiger partial charge in [0.2, 0.25) is 0 Å². The lowest BCUT2D eigenvalue weighted by Crippen LogP contribution is -2.13. The fourth-order valence-electron chi connectivity index (χ4n) is 1.90. The summed E-state index contributed by atoms with van der Waals surface area (Å²) in [5.74, 6) is 0. The molecule has 0 aliphatic rings. The number of halogens is 2. The summed E-state index contributed by atoms with van der Waals surface area (Å²) in [5.41, 5.74) is 1.66. The molecule has 0 radical (unpaired) electrons. The van der Waals surface area contributed by atoms with Gasteiger partial charge < -0.3 is 0 Å². The number of anilines is 1. The summed E-state index contributed by atoms with van der Waals surface area (Å²) in [4.78, 5) is 0.258. The van der Waals surface area contributed by atoms with Gasteiger partial charge in [-0.1, -0.05) is 37.1 Å². The fraction of sp³-hybridized carbons (Fsp3) is 0.200. The van der Waals surface area contributed by atoms with Gasteiger partial charge in [0.05, 0.1) is 10.6 Å². The summed E-state index contributed by atoms with van der Waals surface area (Å²) in [6.07, 6.45) is 1.98. The molecule has 0 amide bonds. The van der Waals surface area contributed by atoms with Gasteiger partial charge in [0.1, 0.15) is 0 Å². The van der Waals surface area contributed by atoms with Gasteiger partial charge in [-0.05, 0) is 64.9 Å². The fourth-order valence-corrected chi connectivity index (χ4v) is 4.17. The maximum absolute atomic E-state index is 12.4. The van der Waals surface area contributed by atoms with E-state index in [1.54, 1.807) is 30.3 Å². The van der Waals surface area contributed by atoms with Crippen LogP contribution >= 0.6 is 34.2 Å². The first-order chi connectivity index (χ1) is 9.92. The SMILES string of the molecule is CCCc1ccc(S(=O)(=O)Nc2ccc(Cl)cc2I)cc1. The molecule has 2 aromatic rings. The minimum Gasteiger partial charge on any atom is -0.279 e. The Morgan fingerprint density at radius 3 is 2.38 bits per heavy atom. The normalized spacial score (nSPS) is 11.4. The van der Waals surface area contributed by atoms with Gasteiger partial charge in [-0.25, -0.2) is 8.42 Å². The maximum atomic E-state index is 12.4. The first-order valence-electron chi connectivity index (χ1n) is 6.49. The van der Waals surface area contributed by atoms with Crippen LogP contribution in [0, 0.1) is 3.57 Å². The predicted molar refractivity (Wildman–Crippen MR) is 95.4 cm³/mol. The standard InChI is InChI=1S/C15H15ClINO2S/c1-2-3-11-4-7-13(8-5-11)21(19,20)18-15-9-6-12(16)10-14(15)17/h4-10,18H,2-3H2,1H3. The first-order valence-corrected chi connectivity index (χ1v) is 9.43. The predicted octanol–water partition coefficient (Wildman–Crippen LogP) is 4.70. The highest BCUT2D eigenvalue weighted by Crippen LogP contribution is 2.25. The summed E-state index contributed by atoms with van der Waals surface area (Å²) in [7, 11) is -3.58. The Kier molecular flexibility index (Phi) is 5.51. The number of aryl methyl sites for hydroxylation is 1. The number of rotatable bonds is 5. The molecule has 2 aromatic carbocycles. The van der Waals surface area contributed by atoms with Crippen molar-refractivity contribution in [2.45, 2.75) is 24.7 Å². The molecule has 0 saturated carbocycles. The molecule has 0 bridgehead atoms. The number of hydrogen-bond donors (Lipinski definition) is 1. The lowest BCUT2D eigenvalue weighted by Gasteiger charge is -2.10. The van der Waals surface area contributed by atoms with Gasteiger partial charge in [0.25, 0.3) is 10.0 Å². The van der Waals surface area contributed by atoms with E-state index < -0.39 is 10.0 Å². The molecular formula is C15H15ClINO2S. The van der Waals surface area contributed by atoms with Gasteiger partial charge >= 0.3 is 0 Å². The van der Waals surface area contributed by atoms with Crippen LogP contribution in [0.5, 0.6) is 0 Å². The van der Waals surface area contributed by atoms with Crippen LogP contribution in [0.2, 0.25) is 5.02 Å². The van der Waals surface area contributed by atoms with E-state index in [0.29, 0.717) is 10.7 Å². The average Bonchev–Trinajstić information content (AvgIpc) is 2.43. The zero-order valence-corrected chi connectivity index (χ0v) is 15.2. The summed E-state index contributed by atoms with van der Waals surface area (Å²) < 4.78 is 28.1. The van der Waals surface area contributed by atoms with E-state index in [0.717, 1.165) is 22.0 Å². The molecule has 0 aromatic heterocycles. The van der Waals surface area contributed by atoms with Crippen molar-refractivity contribution in [1.29, 1.82) is 0 Å². The third-order valence-corrected chi connectivity index (χ3v) is 5.46. The van der Waals surface area contributed by atoms with E-state index in [1.807, 2.05) is 12.1 Å². The Labute approximate surface area is 143 Å². The molecule has 0 fully saturated rings. The maximum Gasteiger partial charge on any atom is 0.261 e. The molecule has 0 atom stereocenters. The number of nitrogens with one attached hydrogen (secondary N) is 1. The van der Waals surface area contributed by atoms with Crippen molar-refractivity contribution >= 4 is 49.9 Å². The second-order valence-corrected chi connectivity index (χ2v) is 7.90. The second-order valence-electron chi connectivity index (χ2n) is 4.62. The monoisotopic (exact) mass is 435 g/mol. The van der Waals surface area contributed by atoms with Crippen molar-refractivity contribution in [3.63, 3.8) is 0 Å². The number of sulfonamides is 1. The van der Waals surface area contributed by atoms with Crippen LogP contribution in [0.4, 0.5) is 5.69 Å². The largest absolute Gasteiger partial charge is 0.279 e. The third-order valence-electron chi connectivity index (χ3n) is 2.95. The zero-order chi connectivity index (χ0) is 15.5. The Balaban J connectivity index is 2.25. The molecular weight excluding hydrogens is 421 g/mol. The van der Waals surface area contributed by atoms with Crippen molar-refractivity contribution in [3.8, 4) is 0 Å². The number of benzene rings is 2. The van der Waals surface area contributed by atoms with E-state index >= 15 is 0 Å². The summed E-state index contributed by atoms with van der Waals surface area (Å²) in [6, 6.07) is 12.0. The van der Waals surface area contributed by atoms with Gasteiger partial charge in [0.15, 0.2) is 0 Å². The highest BCUT2D eigenvalue weighted by atomic mass is 127. The lowest BCUT2D eigenvalue weighted by molar-refractivity contribution is 0.601. The van der Waals surface area contributed by atoms with Gasteiger partial charge in [-0.15, -0.1) is 0 Å². The Hall–Kier alpha value is -0.790. The average molecular weight is 436 g/mol. The number of hydrogen-bond acceptors (Lipinski definition) is 2. The molecule has 0 aliphatic carbocycles. The van der Waals surface area contributed by atoms with Crippen LogP contribution in [0.15, 0.2) is 47.4 Å². The minimum atomic E-state index is -3.58. The van der Waals surface area contributed by atoms with Crippen molar-refractivity contribution in [2.75, 3.05) is 4.72 Å². The highest BCUT2D eigenvalue weighted by Gasteiger charge is 2.15.